The Labute approximate surface area is 135 Å². The predicted octanol–water partition coefficient (Wildman–Crippen LogP) is 4.01. The first-order chi connectivity index (χ1) is 10.8. The Bertz CT molecular complexity index is 641. The van der Waals surface area contributed by atoms with Crippen molar-refractivity contribution in [1.29, 1.82) is 0 Å². The van der Waals surface area contributed by atoms with Crippen molar-refractivity contribution < 1.29 is 0 Å². The highest BCUT2D eigenvalue weighted by Gasteiger charge is 2.24. The summed E-state index contributed by atoms with van der Waals surface area (Å²) < 4.78 is 0. The van der Waals surface area contributed by atoms with E-state index >= 15 is 0 Å². The maximum atomic E-state index is 2.52. The maximum Gasteiger partial charge on any atom is 0.128 e. The van der Waals surface area contributed by atoms with Gasteiger partial charge in [-0.2, -0.15) is 0 Å². The zero-order valence-electron chi connectivity index (χ0n) is 13.5. The second kappa shape index (κ2) is 6.93. The van der Waals surface area contributed by atoms with Crippen LogP contribution in [0.2, 0.25) is 0 Å². The molecule has 0 fully saturated rings. The van der Waals surface area contributed by atoms with Crippen molar-refractivity contribution in [3.05, 3.63) is 83.1 Å². The Balaban J connectivity index is 2.00. The second-order valence-electron chi connectivity index (χ2n) is 6.21. The van der Waals surface area contributed by atoms with Gasteiger partial charge in [0.25, 0.3) is 0 Å². The third kappa shape index (κ3) is 3.15. The zero-order chi connectivity index (χ0) is 15.4. The van der Waals surface area contributed by atoms with Gasteiger partial charge in [-0.15, -0.1) is 0 Å². The fourth-order valence-corrected chi connectivity index (χ4v) is 6.80. The van der Waals surface area contributed by atoms with E-state index in [4.69, 9.17) is 0 Å². The number of hydrogen-bond acceptors (Lipinski definition) is 0. The molecular formula is C21H24Si. The molecule has 22 heavy (non-hydrogen) atoms. The molecule has 0 radical (unpaired) electrons. The molecule has 0 N–H and O–H groups in total. The first-order valence-corrected chi connectivity index (χ1v) is 10.0. The van der Waals surface area contributed by atoms with E-state index in [1.807, 2.05) is 0 Å². The van der Waals surface area contributed by atoms with Crippen molar-refractivity contribution >= 4 is 19.2 Å². The highest BCUT2D eigenvalue weighted by Crippen LogP contribution is 2.29. The third-order valence-corrected chi connectivity index (χ3v) is 7.75. The summed E-state index contributed by atoms with van der Waals surface area (Å²) in [4.78, 5) is 0. The molecule has 2 aromatic rings. The van der Waals surface area contributed by atoms with Gasteiger partial charge in [-0.1, -0.05) is 101 Å². The Hall–Kier alpha value is -1.86. The molecule has 0 aromatic heterocycles. The molecule has 1 heteroatoms. The summed E-state index contributed by atoms with van der Waals surface area (Å²) in [5, 5.41) is 4.74. The highest BCUT2D eigenvalue weighted by molar-refractivity contribution is 6.91. The van der Waals surface area contributed by atoms with Crippen molar-refractivity contribution in [2.45, 2.75) is 33.1 Å². The molecule has 3 rings (SSSR count). The summed E-state index contributed by atoms with van der Waals surface area (Å²) in [6.07, 6.45) is 6.16. The van der Waals surface area contributed by atoms with Crippen LogP contribution in [0.5, 0.6) is 0 Å². The summed E-state index contributed by atoms with van der Waals surface area (Å²) in [5.41, 5.74) is 3.17. The maximum absolute atomic E-state index is 2.52. The van der Waals surface area contributed by atoms with Gasteiger partial charge in [0.2, 0.25) is 0 Å². The van der Waals surface area contributed by atoms with Crippen molar-refractivity contribution in [2.24, 2.45) is 0 Å². The van der Waals surface area contributed by atoms with Crippen LogP contribution in [0, 0.1) is 0 Å². The summed E-state index contributed by atoms with van der Waals surface area (Å²) in [5.74, 6) is 0. The zero-order valence-corrected chi connectivity index (χ0v) is 14.7. The van der Waals surface area contributed by atoms with Crippen molar-refractivity contribution in [3.8, 4) is 0 Å². The quantitative estimate of drug-likeness (QED) is 0.732. The Morgan fingerprint density at radius 2 is 1.41 bits per heavy atom. The van der Waals surface area contributed by atoms with Gasteiger partial charge in [0.15, 0.2) is 0 Å². The largest absolute Gasteiger partial charge is 0.128 e. The topological polar surface area (TPSA) is 0 Å². The Morgan fingerprint density at radius 1 is 0.864 bits per heavy atom. The molecule has 0 bridgehead atoms. The van der Waals surface area contributed by atoms with E-state index in [1.165, 1.54) is 29.6 Å². The van der Waals surface area contributed by atoms with Crippen LogP contribution in [0.25, 0.3) is 0 Å². The highest BCUT2D eigenvalue weighted by atomic mass is 28.3. The molecule has 0 heterocycles. The van der Waals surface area contributed by atoms with E-state index in [-0.39, 0.29) is 0 Å². The molecule has 0 aliphatic heterocycles. The molecule has 0 saturated carbocycles. The van der Waals surface area contributed by atoms with Crippen molar-refractivity contribution in [2.75, 3.05) is 0 Å². The first-order valence-electron chi connectivity index (χ1n) is 8.28. The van der Waals surface area contributed by atoms with E-state index in [0.717, 1.165) is 0 Å². The van der Waals surface area contributed by atoms with Crippen LogP contribution in [0.15, 0.2) is 83.1 Å². The fourth-order valence-electron chi connectivity index (χ4n) is 3.47. The number of allylic oxidation sites excluding steroid dienone is 4. The van der Waals surface area contributed by atoms with Crippen LogP contribution < -0.4 is 10.4 Å². The molecule has 112 valence electrons. The lowest BCUT2D eigenvalue weighted by molar-refractivity contribution is 0.916. The normalized spacial score (nSPS) is 14.6. The van der Waals surface area contributed by atoms with Crippen molar-refractivity contribution in [1.82, 2.24) is 0 Å². The minimum atomic E-state index is -1.29. The van der Waals surface area contributed by atoms with E-state index in [2.05, 4.69) is 80.6 Å². The van der Waals surface area contributed by atoms with Gasteiger partial charge in [-0.05, 0) is 25.3 Å². The number of rotatable bonds is 5. The minimum Gasteiger partial charge on any atom is -0.0700 e. The molecular weight excluding hydrogens is 280 g/mol. The SMILES string of the molecule is CCCC1=C(C)CC([SiH](c2ccccc2)c2ccccc2)=C1. The van der Waals surface area contributed by atoms with E-state index in [1.54, 1.807) is 16.3 Å². The fraction of sp³-hybridized carbons (Fsp3) is 0.238. The van der Waals surface area contributed by atoms with Crippen LogP contribution in [0.1, 0.15) is 33.1 Å². The molecule has 0 atom stereocenters. The number of benzene rings is 2. The molecule has 0 spiro atoms. The van der Waals surface area contributed by atoms with Gasteiger partial charge in [-0.25, -0.2) is 0 Å². The summed E-state index contributed by atoms with van der Waals surface area (Å²) in [7, 11) is -1.29. The Morgan fingerprint density at radius 3 is 1.91 bits per heavy atom. The van der Waals surface area contributed by atoms with Gasteiger partial charge in [0, 0.05) is 0 Å². The average molecular weight is 305 g/mol. The summed E-state index contributed by atoms with van der Waals surface area (Å²) >= 11 is 0. The second-order valence-corrected chi connectivity index (χ2v) is 9.15. The average Bonchev–Trinajstić information content (AvgIpc) is 2.91. The van der Waals surface area contributed by atoms with Gasteiger partial charge in [0.05, 0.1) is 0 Å². The Kier molecular flexibility index (Phi) is 4.74. The lowest BCUT2D eigenvalue weighted by Gasteiger charge is -2.18. The lowest BCUT2D eigenvalue weighted by Crippen LogP contribution is -2.43. The van der Waals surface area contributed by atoms with Crippen LogP contribution >= 0.6 is 0 Å². The monoisotopic (exact) mass is 304 g/mol. The van der Waals surface area contributed by atoms with Gasteiger partial charge in [0.1, 0.15) is 8.80 Å². The van der Waals surface area contributed by atoms with E-state index in [9.17, 15) is 0 Å². The molecule has 0 saturated heterocycles. The number of hydrogen-bond donors (Lipinski definition) is 0. The van der Waals surface area contributed by atoms with Crippen LogP contribution in [-0.4, -0.2) is 8.80 Å². The molecule has 1 aliphatic rings. The van der Waals surface area contributed by atoms with E-state index in [0.29, 0.717) is 0 Å². The van der Waals surface area contributed by atoms with Crippen LogP contribution in [0.4, 0.5) is 0 Å². The van der Waals surface area contributed by atoms with Gasteiger partial charge >= 0.3 is 0 Å². The van der Waals surface area contributed by atoms with Gasteiger partial charge in [-0.3, -0.25) is 0 Å². The van der Waals surface area contributed by atoms with Crippen LogP contribution in [-0.2, 0) is 0 Å². The molecule has 2 aromatic carbocycles. The molecule has 1 aliphatic carbocycles. The third-order valence-electron chi connectivity index (χ3n) is 4.53. The standard InChI is InChI=1S/C21H24Si/c1-3-10-18-16-21(15-17(18)2)22(19-11-6-4-7-12-19)20-13-8-5-9-14-20/h4-9,11-14,16,22H,3,10,15H2,1-2H3. The summed E-state index contributed by atoms with van der Waals surface area (Å²) in [6.45, 7) is 4.59. The van der Waals surface area contributed by atoms with E-state index < -0.39 is 8.80 Å². The molecule has 0 unspecified atom stereocenters. The first kappa shape index (κ1) is 15.0. The minimum absolute atomic E-state index is 1.18. The van der Waals surface area contributed by atoms with Crippen molar-refractivity contribution in [3.63, 3.8) is 0 Å². The van der Waals surface area contributed by atoms with Crippen LogP contribution in [0.3, 0.4) is 0 Å². The lowest BCUT2D eigenvalue weighted by atomic mass is 10.1. The van der Waals surface area contributed by atoms with Gasteiger partial charge < -0.3 is 0 Å². The molecule has 0 nitrogen and oxygen atoms in total. The molecule has 0 amide bonds. The smallest absolute Gasteiger partial charge is 0.0700 e. The summed E-state index contributed by atoms with van der Waals surface area (Å²) in [6, 6.07) is 22.2. The predicted molar refractivity (Wildman–Crippen MR) is 99.6 cm³/mol.